The van der Waals surface area contributed by atoms with Crippen molar-refractivity contribution >= 4 is 5.71 Å². The molecule has 0 aromatic heterocycles. The quantitative estimate of drug-likeness (QED) is 0.463. The van der Waals surface area contributed by atoms with E-state index in [1.807, 2.05) is 13.0 Å². The van der Waals surface area contributed by atoms with E-state index in [4.69, 9.17) is 4.99 Å². The lowest BCUT2D eigenvalue weighted by Gasteiger charge is -2.15. The van der Waals surface area contributed by atoms with Gasteiger partial charge in [-0.25, -0.2) is 0 Å². The zero-order valence-electron chi connectivity index (χ0n) is 12.2. The first-order chi connectivity index (χ1) is 7.99. The molecule has 0 heterocycles. The molecular formula is C15H28N2. The molecule has 0 saturated heterocycles. The summed E-state index contributed by atoms with van der Waals surface area (Å²) in [6.07, 6.45) is 7.37. The zero-order valence-corrected chi connectivity index (χ0v) is 12.2. The predicted octanol–water partition coefficient (Wildman–Crippen LogP) is 3.70. The molecule has 0 aliphatic rings. The predicted molar refractivity (Wildman–Crippen MR) is 78.9 cm³/mol. The molecule has 0 spiro atoms. The topological polar surface area (TPSA) is 15.6 Å². The second-order valence-electron chi connectivity index (χ2n) is 4.81. The van der Waals surface area contributed by atoms with Gasteiger partial charge in [0.1, 0.15) is 0 Å². The minimum atomic E-state index is 0.446. The summed E-state index contributed by atoms with van der Waals surface area (Å²) >= 11 is 0. The maximum Gasteiger partial charge on any atom is 0.0512 e. The monoisotopic (exact) mass is 236 g/mol. The molecule has 0 radical (unpaired) electrons. The van der Waals surface area contributed by atoms with Crippen LogP contribution in [0.1, 0.15) is 40.0 Å². The molecular weight excluding hydrogens is 208 g/mol. The highest BCUT2D eigenvalue weighted by Gasteiger charge is 2.05. The van der Waals surface area contributed by atoms with Crippen LogP contribution in [0, 0.1) is 0 Å². The summed E-state index contributed by atoms with van der Waals surface area (Å²) in [6.45, 7) is 11.3. The molecule has 1 unspecified atom stereocenters. The number of hydrogen-bond donors (Lipinski definition) is 0. The van der Waals surface area contributed by atoms with Crippen LogP contribution >= 0.6 is 0 Å². The number of allylic oxidation sites excluding steroid dienone is 3. The van der Waals surface area contributed by atoms with Crippen LogP contribution in [0.4, 0.5) is 0 Å². The molecule has 0 N–H and O–H groups in total. The maximum absolute atomic E-state index is 4.82. The zero-order chi connectivity index (χ0) is 13.3. The van der Waals surface area contributed by atoms with E-state index >= 15 is 0 Å². The van der Waals surface area contributed by atoms with E-state index in [1.165, 1.54) is 5.71 Å². The Morgan fingerprint density at radius 1 is 1.29 bits per heavy atom. The fourth-order valence-electron chi connectivity index (χ4n) is 1.49. The molecule has 0 aliphatic heterocycles. The summed E-state index contributed by atoms with van der Waals surface area (Å²) in [7, 11) is 4.22. The van der Waals surface area contributed by atoms with Gasteiger partial charge >= 0.3 is 0 Å². The molecule has 0 aliphatic carbocycles. The largest absolute Gasteiger partial charge is 0.309 e. The Balaban J connectivity index is 4.48. The SMILES string of the molecule is C=C(C)/C=C\C(CC)=NC(CC)CCN(C)C. The first-order valence-electron chi connectivity index (χ1n) is 6.54. The van der Waals surface area contributed by atoms with Crippen LogP contribution in [0.25, 0.3) is 0 Å². The van der Waals surface area contributed by atoms with Crippen LogP contribution in [0.3, 0.4) is 0 Å². The highest BCUT2D eigenvalue weighted by Crippen LogP contribution is 2.06. The van der Waals surface area contributed by atoms with E-state index in [9.17, 15) is 0 Å². The Morgan fingerprint density at radius 3 is 2.35 bits per heavy atom. The molecule has 2 nitrogen and oxygen atoms in total. The van der Waals surface area contributed by atoms with Crippen molar-refractivity contribution in [2.24, 2.45) is 4.99 Å². The molecule has 0 fully saturated rings. The van der Waals surface area contributed by atoms with Crippen LogP contribution in [0.2, 0.25) is 0 Å². The van der Waals surface area contributed by atoms with Crippen LogP contribution in [0.5, 0.6) is 0 Å². The van der Waals surface area contributed by atoms with Crippen molar-refractivity contribution in [2.75, 3.05) is 20.6 Å². The van der Waals surface area contributed by atoms with E-state index in [1.54, 1.807) is 0 Å². The van der Waals surface area contributed by atoms with Gasteiger partial charge in [-0.15, -0.1) is 0 Å². The Bertz CT molecular complexity index is 275. The minimum Gasteiger partial charge on any atom is -0.309 e. The molecule has 0 rings (SSSR count). The van der Waals surface area contributed by atoms with Gasteiger partial charge in [-0.05, 0) is 52.9 Å². The Labute approximate surface area is 107 Å². The van der Waals surface area contributed by atoms with Gasteiger partial charge in [-0.2, -0.15) is 0 Å². The number of nitrogens with zero attached hydrogens (tertiary/aromatic N) is 2. The highest BCUT2D eigenvalue weighted by molar-refractivity contribution is 5.95. The number of aliphatic imine (C=N–C) groups is 1. The molecule has 0 bridgehead atoms. The summed E-state index contributed by atoms with van der Waals surface area (Å²) in [5.74, 6) is 0. The van der Waals surface area contributed by atoms with E-state index in [0.29, 0.717) is 6.04 Å². The third kappa shape index (κ3) is 8.87. The fraction of sp³-hybridized carbons (Fsp3) is 0.667. The van der Waals surface area contributed by atoms with Gasteiger partial charge < -0.3 is 4.90 Å². The van der Waals surface area contributed by atoms with Crippen LogP contribution in [0.15, 0.2) is 29.3 Å². The van der Waals surface area contributed by atoms with Gasteiger partial charge in [0, 0.05) is 5.71 Å². The molecule has 98 valence electrons. The van der Waals surface area contributed by atoms with Gasteiger partial charge in [-0.3, -0.25) is 4.99 Å². The first kappa shape index (κ1) is 16.1. The average molecular weight is 236 g/mol. The lowest BCUT2D eigenvalue weighted by Crippen LogP contribution is -2.18. The fourth-order valence-corrected chi connectivity index (χ4v) is 1.49. The summed E-state index contributed by atoms with van der Waals surface area (Å²) in [5, 5.41) is 0. The summed E-state index contributed by atoms with van der Waals surface area (Å²) in [5.41, 5.74) is 2.26. The normalized spacial score (nSPS) is 14.6. The maximum atomic E-state index is 4.82. The van der Waals surface area contributed by atoms with Crippen molar-refractivity contribution in [1.29, 1.82) is 0 Å². The van der Waals surface area contributed by atoms with Gasteiger partial charge in [0.25, 0.3) is 0 Å². The minimum absolute atomic E-state index is 0.446. The van der Waals surface area contributed by atoms with Gasteiger partial charge in [-0.1, -0.05) is 32.1 Å². The molecule has 0 aromatic rings. The first-order valence-corrected chi connectivity index (χ1v) is 6.54. The smallest absolute Gasteiger partial charge is 0.0512 e. The van der Waals surface area contributed by atoms with Gasteiger partial charge in [0.15, 0.2) is 0 Å². The van der Waals surface area contributed by atoms with Crippen molar-refractivity contribution in [3.63, 3.8) is 0 Å². The van der Waals surface area contributed by atoms with Crippen molar-refractivity contribution < 1.29 is 0 Å². The Morgan fingerprint density at radius 2 is 1.94 bits per heavy atom. The molecule has 1 atom stereocenters. The van der Waals surface area contributed by atoms with Gasteiger partial charge in [0.2, 0.25) is 0 Å². The van der Waals surface area contributed by atoms with Gasteiger partial charge in [0.05, 0.1) is 6.04 Å². The lowest BCUT2D eigenvalue weighted by molar-refractivity contribution is 0.378. The van der Waals surface area contributed by atoms with Crippen molar-refractivity contribution in [1.82, 2.24) is 4.90 Å². The van der Waals surface area contributed by atoms with E-state index in [-0.39, 0.29) is 0 Å². The molecule has 0 saturated carbocycles. The average Bonchev–Trinajstić information content (AvgIpc) is 2.27. The Hall–Kier alpha value is -0.890. The second-order valence-corrected chi connectivity index (χ2v) is 4.81. The summed E-state index contributed by atoms with van der Waals surface area (Å²) < 4.78 is 0. The third-order valence-electron chi connectivity index (χ3n) is 2.65. The second kappa shape index (κ2) is 9.17. The Kier molecular flexibility index (Phi) is 8.69. The number of rotatable bonds is 8. The molecule has 2 heteroatoms. The van der Waals surface area contributed by atoms with Crippen molar-refractivity contribution in [3.05, 3.63) is 24.3 Å². The molecule has 0 aromatic carbocycles. The van der Waals surface area contributed by atoms with E-state index in [0.717, 1.165) is 31.4 Å². The standard InChI is InChI=1S/C15H28N2/c1-7-14(10-9-13(3)4)16-15(8-2)11-12-17(5)6/h9-10,15H,3,7-8,11-12H2,1-2,4-6H3/b10-9-,16-14?. The van der Waals surface area contributed by atoms with Crippen LogP contribution in [-0.4, -0.2) is 37.3 Å². The summed E-state index contributed by atoms with van der Waals surface area (Å²) in [6, 6.07) is 0.446. The highest BCUT2D eigenvalue weighted by atomic mass is 15.1. The van der Waals surface area contributed by atoms with E-state index in [2.05, 4.69) is 45.5 Å². The van der Waals surface area contributed by atoms with Crippen LogP contribution in [-0.2, 0) is 0 Å². The van der Waals surface area contributed by atoms with Crippen molar-refractivity contribution in [2.45, 2.75) is 46.1 Å². The molecule has 17 heavy (non-hydrogen) atoms. The van der Waals surface area contributed by atoms with E-state index < -0.39 is 0 Å². The van der Waals surface area contributed by atoms with Crippen molar-refractivity contribution in [3.8, 4) is 0 Å². The molecule has 0 amide bonds. The number of hydrogen-bond acceptors (Lipinski definition) is 2. The van der Waals surface area contributed by atoms with Crippen LogP contribution < -0.4 is 0 Å². The lowest BCUT2D eigenvalue weighted by atomic mass is 10.1. The third-order valence-corrected chi connectivity index (χ3v) is 2.65. The summed E-state index contributed by atoms with van der Waals surface area (Å²) in [4.78, 5) is 7.03.